The Kier molecular flexibility index (Phi) is 3.29. The zero-order valence-electron chi connectivity index (χ0n) is 11.5. The van der Waals surface area contributed by atoms with Crippen molar-refractivity contribution in [3.05, 3.63) is 0 Å². The monoisotopic (exact) mass is 244 g/mol. The Morgan fingerprint density at radius 3 is 2.19 bits per heavy atom. The van der Waals surface area contributed by atoms with Crippen molar-refractivity contribution in [1.29, 1.82) is 0 Å². The van der Waals surface area contributed by atoms with Crippen LogP contribution in [0.2, 0.25) is 18.1 Å². The highest BCUT2D eigenvalue weighted by Crippen LogP contribution is 2.41. The van der Waals surface area contributed by atoms with E-state index in [1.165, 1.54) is 0 Å². The van der Waals surface area contributed by atoms with E-state index in [9.17, 15) is 4.79 Å². The Labute approximate surface area is 99.6 Å². The highest BCUT2D eigenvalue weighted by Gasteiger charge is 2.50. The molecule has 1 aliphatic heterocycles. The smallest absolute Gasteiger partial charge is 0.334 e. The predicted molar refractivity (Wildman–Crippen MR) is 66.8 cm³/mol. The highest BCUT2D eigenvalue weighted by atomic mass is 28.4. The minimum Gasteiger partial charge on any atom is -0.463 e. The first kappa shape index (κ1) is 13.7. The van der Waals surface area contributed by atoms with E-state index in [0.717, 1.165) is 0 Å². The topological polar surface area (TPSA) is 35.5 Å². The Morgan fingerprint density at radius 2 is 1.88 bits per heavy atom. The van der Waals surface area contributed by atoms with E-state index in [1.807, 2.05) is 13.8 Å². The molecule has 0 radical (unpaired) electrons. The fourth-order valence-corrected chi connectivity index (χ4v) is 2.76. The van der Waals surface area contributed by atoms with Crippen LogP contribution in [-0.2, 0) is 14.0 Å². The SMILES string of the molecule is CC1(C)COC(=O)[C@@H]1O[Si](C)(C)C(C)(C)C. The number of esters is 1. The van der Waals surface area contributed by atoms with Gasteiger partial charge in [-0.15, -0.1) is 0 Å². The van der Waals surface area contributed by atoms with E-state index in [0.29, 0.717) is 6.61 Å². The molecule has 0 aromatic carbocycles. The van der Waals surface area contributed by atoms with E-state index >= 15 is 0 Å². The van der Waals surface area contributed by atoms with E-state index in [1.54, 1.807) is 0 Å². The van der Waals surface area contributed by atoms with Crippen LogP contribution >= 0.6 is 0 Å². The van der Waals surface area contributed by atoms with Gasteiger partial charge in [0.1, 0.15) is 0 Å². The first-order chi connectivity index (χ1) is 6.97. The maximum absolute atomic E-state index is 11.7. The van der Waals surface area contributed by atoms with Crippen LogP contribution in [0.3, 0.4) is 0 Å². The summed E-state index contributed by atoms with van der Waals surface area (Å²) in [6.07, 6.45) is -0.395. The molecule has 3 nitrogen and oxygen atoms in total. The fourth-order valence-electron chi connectivity index (χ4n) is 1.41. The minimum absolute atomic E-state index is 0.117. The zero-order valence-corrected chi connectivity index (χ0v) is 12.5. The normalized spacial score (nSPS) is 25.7. The number of ether oxygens (including phenoxy) is 1. The molecule has 1 fully saturated rings. The summed E-state index contributed by atoms with van der Waals surface area (Å²) < 4.78 is 11.3. The zero-order chi connectivity index (χ0) is 12.8. The van der Waals surface area contributed by atoms with Crippen LogP contribution in [0.4, 0.5) is 0 Å². The molecule has 4 heteroatoms. The van der Waals surface area contributed by atoms with Gasteiger partial charge in [-0.1, -0.05) is 34.6 Å². The van der Waals surface area contributed by atoms with Gasteiger partial charge < -0.3 is 9.16 Å². The molecule has 0 amide bonds. The van der Waals surface area contributed by atoms with Crippen molar-refractivity contribution in [1.82, 2.24) is 0 Å². The van der Waals surface area contributed by atoms with Crippen molar-refractivity contribution in [2.45, 2.75) is 58.9 Å². The number of carbonyl (C=O) groups is 1. The van der Waals surface area contributed by atoms with Crippen LogP contribution in [-0.4, -0.2) is 27.0 Å². The van der Waals surface area contributed by atoms with Gasteiger partial charge in [-0.3, -0.25) is 0 Å². The number of cyclic esters (lactones) is 1. The molecule has 0 unspecified atom stereocenters. The average molecular weight is 244 g/mol. The van der Waals surface area contributed by atoms with Crippen molar-refractivity contribution in [3.8, 4) is 0 Å². The van der Waals surface area contributed by atoms with Gasteiger partial charge in [0.25, 0.3) is 0 Å². The molecule has 1 heterocycles. The summed E-state index contributed by atoms with van der Waals surface area (Å²) in [6.45, 7) is 15.4. The minimum atomic E-state index is -1.90. The summed E-state index contributed by atoms with van der Waals surface area (Å²) >= 11 is 0. The van der Waals surface area contributed by atoms with Crippen LogP contribution in [0.25, 0.3) is 0 Å². The highest BCUT2D eigenvalue weighted by molar-refractivity contribution is 6.74. The molecule has 0 aromatic rings. The maximum atomic E-state index is 11.7. The number of carbonyl (C=O) groups excluding carboxylic acids is 1. The summed E-state index contributed by atoms with van der Waals surface area (Å²) in [5, 5.41) is 0.117. The molecule has 0 bridgehead atoms. The predicted octanol–water partition coefficient (Wildman–Crippen LogP) is 2.96. The summed E-state index contributed by atoms with van der Waals surface area (Å²) in [5.74, 6) is -0.199. The van der Waals surface area contributed by atoms with Crippen LogP contribution in [0.15, 0.2) is 0 Å². The van der Waals surface area contributed by atoms with Crippen molar-refractivity contribution in [3.63, 3.8) is 0 Å². The van der Waals surface area contributed by atoms with Crippen molar-refractivity contribution in [2.75, 3.05) is 6.61 Å². The lowest BCUT2D eigenvalue weighted by Gasteiger charge is -2.39. The van der Waals surface area contributed by atoms with Crippen LogP contribution < -0.4 is 0 Å². The van der Waals surface area contributed by atoms with Gasteiger partial charge in [0.05, 0.1) is 6.61 Å². The third-order valence-electron chi connectivity index (χ3n) is 3.73. The molecular weight excluding hydrogens is 220 g/mol. The number of hydrogen-bond acceptors (Lipinski definition) is 3. The van der Waals surface area contributed by atoms with Crippen LogP contribution in [0.5, 0.6) is 0 Å². The van der Waals surface area contributed by atoms with E-state index in [2.05, 4.69) is 33.9 Å². The lowest BCUT2D eigenvalue weighted by atomic mass is 9.90. The quantitative estimate of drug-likeness (QED) is 0.553. The molecule has 0 aliphatic carbocycles. The largest absolute Gasteiger partial charge is 0.463 e. The first-order valence-electron chi connectivity index (χ1n) is 5.82. The molecule has 1 rings (SSSR count). The van der Waals surface area contributed by atoms with Gasteiger partial charge in [-0.05, 0) is 18.1 Å². The standard InChI is InChI=1S/C12H24O3Si/c1-11(2,3)16(6,7)15-9-10(13)14-8-12(9,4)5/h9H,8H2,1-7H3/t9-/m0/s1. The molecular formula is C12H24O3Si. The fraction of sp³-hybridized carbons (Fsp3) is 0.917. The van der Waals surface area contributed by atoms with Crippen LogP contribution in [0.1, 0.15) is 34.6 Å². The molecule has 0 aromatic heterocycles. The molecule has 16 heavy (non-hydrogen) atoms. The van der Waals surface area contributed by atoms with Gasteiger partial charge in [0.15, 0.2) is 14.4 Å². The molecule has 0 saturated carbocycles. The van der Waals surface area contributed by atoms with Gasteiger partial charge in [0.2, 0.25) is 0 Å². The van der Waals surface area contributed by atoms with Crippen molar-refractivity contribution in [2.24, 2.45) is 5.41 Å². The Morgan fingerprint density at radius 1 is 1.38 bits per heavy atom. The van der Waals surface area contributed by atoms with Gasteiger partial charge >= 0.3 is 5.97 Å². The number of hydrogen-bond donors (Lipinski definition) is 0. The molecule has 1 atom stereocenters. The summed E-state index contributed by atoms with van der Waals surface area (Å²) in [6, 6.07) is 0. The van der Waals surface area contributed by atoms with Crippen molar-refractivity contribution >= 4 is 14.3 Å². The Balaban J connectivity index is 2.85. The second-order valence-corrected chi connectivity index (χ2v) is 11.6. The molecule has 0 spiro atoms. The van der Waals surface area contributed by atoms with Gasteiger partial charge in [0, 0.05) is 5.41 Å². The van der Waals surface area contributed by atoms with Gasteiger partial charge in [-0.25, -0.2) is 4.79 Å². The summed E-state index contributed by atoms with van der Waals surface area (Å²) in [7, 11) is -1.90. The average Bonchev–Trinajstić information content (AvgIpc) is 2.29. The lowest BCUT2D eigenvalue weighted by Crippen LogP contribution is -2.48. The molecule has 1 saturated heterocycles. The van der Waals surface area contributed by atoms with Gasteiger partial charge in [-0.2, -0.15) is 0 Å². The van der Waals surface area contributed by atoms with Crippen molar-refractivity contribution < 1.29 is 14.0 Å². The Bertz CT molecular complexity index is 289. The number of rotatable bonds is 2. The second kappa shape index (κ2) is 3.84. The maximum Gasteiger partial charge on any atom is 0.334 e. The molecule has 94 valence electrons. The third kappa shape index (κ3) is 2.48. The second-order valence-electron chi connectivity index (χ2n) is 6.85. The van der Waals surface area contributed by atoms with E-state index in [-0.39, 0.29) is 16.4 Å². The van der Waals surface area contributed by atoms with Crippen LogP contribution in [0, 0.1) is 5.41 Å². The summed E-state index contributed by atoms with van der Waals surface area (Å²) in [4.78, 5) is 11.7. The first-order valence-corrected chi connectivity index (χ1v) is 8.73. The Hall–Kier alpha value is -0.353. The molecule has 1 aliphatic rings. The van der Waals surface area contributed by atoms with E-state index < -0.39 is 14.4 Å². The lowest BCUT2D eigenvalue weighted by molar-refractivity contribution is -0.144. The third-order valence-corrected chi connectivity index (χ3v) is 8.17. The van der Waals surface area contributed by atoms with E-state index in [4.69, 9.17) is 9.16 Å². The summed E-state index contributed by atoms with van der Waals surface area (Å²) in [5.41, 5.74) is -0.202. The molecule has 0 N–H and O–H groups in total.